The topological polar surface area (TPSA) is 35.5 Å². The van der Waals surface area contributed by atoms with Crippen molar-refractivity contribution in [2.24, 2.45) is 5.92 Å². The summed E-state index contributed by atoms with van der Waals surface area (Å²) in [7, 11) is 0. The molecule has 5 heteroatoms. The molecule has 1 saturated carbocycles. The third-order valence-corrected chi connectivity index (χ3v) is 4.98. The standard InChI is InChI=1S/C17H26N2O.2ClH/c1-13-5-4-8-15(17(13)20)16(14-6-2-3-7-14)19-11-9-18-10-12-19;;/h4-5,8,14,16,18,20H,2-3,6-7,9-12H2,1H3;2*1H/t16-;;/m0../s1. The van der Waals surface area contributed by atoms with Crippen molar-refractivity contribution in [2.75, 3.05) is 26.2 Å². The first-order chi connectivity index (χ1) is 9.77. The lowest BCUT2D eigenvalue weighted by molar-refractivity contribution is 0.123. The van der Waals surface area contributed by atoms with Crippen molar-refractivity contribution in [3.63, 3.8) is 0 Å². The smallest absolute Gasteiger partial charge is 0.123 e. The van der Waals surface area contributed by atoms with E-state index in [2.05, 4.69) is 22.3 Å². The van der Waals surface area contributed by atoms with E-state index >= 15 is 0 Å². The third-order valence-electron chi connectivity index (χ3n) is 4.98. The highest BCUT2D eigenvalue weighted by Gasteiger charge is 2.33. The average Bonchev–Trinajstić information content (AvgIpc) is 2.99. The second kappa shape index (κ2) is 8.97. The van der Waals surface area contributed by atoms with Crippen molar-refractivity contribution in [1.29, 1.82) is 0 Å². The number of aryl methyl sites for hydroxylation is 1. The molecule has 0 aromatic heterocycles. The Labute approximate surface area is 146 Å². The van der Waals surface area contributed by atoms with Crippen LogP contribution in [0, 0.1) is 12.8 Å². The molecule has 0 unspecified atom stereocenters. The summed E-state index contributed by atoms with van der Waals surface area (Å²) in [6.07, 6.45) is 5.31. The summed E-state index contributed by atoms with van der Waals surface area (Å²) >= 11 is 0. The molecule has 126 valence electrons. The van der Waals surface area contributed by atoms with Crippen LogP contribution in [-0.2, 0) is 0 Å². The van der Waals surface area contributed by atoms with Crippen LogP contribution in [0.5, 0.6) is 5.75 Å². The molecule has 3 rings (SSSR count). The van der Waals surface area contributed by atoms with Gasteiger partial charge in [0.15, 0.2) is 0 Å². The average molecular weight is 347 g/mol. The van der Waals surface area contributed by atoms with Crippen molar-refractivity contribution in [1.82, 2.24) is 10.2 Å². The molecule has 1 aromatic rings. The number of rotatable bonds is 3. The van der Waals surface area contributed by atoms with Crippen LogP contribution in [-0.4, -0.2) is 36.2 Å². The van der Waals surface area contributed by atoms with Crippen LogP contribution in [0.4, 0.5) is 0 Å². The molecule has 1 aliphatic carbocycles. The molecule has 3 nitrogen and oxygen atoms in total. The highest BCUT2D eigenvalue weighted by Crippen LogP contribution is 2.43. The van der Waals surface area contributed by atoms with Crippen LogP contribution < -0.4 is 5.32 Å². The summed E-state index contributed by atoms with van der Waals surface area (Å²) in [5.41, 5.74) is 2.15. The molecule has 1 saturated heterocycles. The van der Waals surface area contributed by atoms with Crippen LogP contribution >= 0.6 is 24.8 Å². The number of aromatic hydroxyl groups is 1. The first kappa shape index (κ1) is 19.6. The summed E-state index contributed by atoms with van der Waals surface area (Å²) < 4.78 is 0. The van der Waals surface area contributed by atoms with E-state index in [0.29, 0.717) is 17.7 Å². The van der Waals surface area contributed by atoms with Gasteiger partial charge < -0.3 is 10.4 Å². The van der Waals surface area contributed by atoms with Crippen LogP contribution in [0.3, 0.4) is 0 Å². The van der Waals surface area contributed by atoms with Gasteiger partial charge in [-0.25, -0.2) is 0 Å². The second-order valence-corrected chi connectivity index (χ2v) is 6.29. The molecule has 0 radical (unpaired) electrons. The van der Waals surface area contributed by atoms with Crippen molar-refractivity contribution in [3.05, 3.63) is 29.3 Å². The molecule has 0 amide bonds. The minimum atomic E-state index is 0. The van der Waals surface area contributed by atoms with E-state index in [4.69, 9.17) is 0 Å². The summed E-state index contributed by atoms with van der Waals surface area (Å²) in [6.45, 7) is 6.32. The van der Waals surface area contributed by atoms with E-state index in [1.807, 2.05) is 13.0 Å². The Balaban J connectivity index is 0.00000121. The Morgan fingerprint density at radius 3 is 2.41 bits per heavy atom. The van der Waals surface area contributed by atoms with Gasteiger partial charge in [-0.2, -0.15) is 0 Å². The van der Waals surface area contributed by atoms with E-state index < -0.39 is 0 Å². The maximum atomic E-state index is 10.5. The fraction of sp³-hybridized carbons (Fsp3) is 0.647. The second-order valence-electron chi connectivity index (χ2n) is 6.29. The number of piperazine rings is 1. The van der Waals surface area contributed by atoms with Gasteiger partial charge in [-0.15, -0.1) is 24.8 Å². The largest absolute Gasteiger partial charge is 0.507 e. The molecule has 22 heavy (non-hydrogen) atoms. The van der Waals surface area contributed by atoms with E-state index in [1.54, 1.807) is 0 Å². The summed E-state index contributed by atoms with van der Waals surface area (Å²) in [5.74, 6) is 1.23. The Bertz CT molecular complexity index is 458. The lowest BCUT2D eigenvalue weighted by Crippen LogP contribution is -2.46. The number of nitrogens with one attached hydrogen (secondary N) is 1. The molecule has 1 aliphatic heterocycles. The monoisotopic (exact) mass is 346 g/mol. The van der Waals surface area contributed by atoms with Crippen molar-refractivity contribution in [3.8, 4) is 5.75 Å². The SMILES string of the molecule is Cc1cccc([C@H](C2CCCC2)N2CCNCC2)c1O.Cl.Cl. The predicted molar refractivity (Wildman–Crippen MR) is 96.5 cm³/mol. The van der Waals surface area contributed by atoms with Crippen LogP contribution in [0.25, 0.3) is 0 Å². The fourth-order valence-corrected chi connectivity index (χ4v) is 3.90. The van der Waals surface area contributed by atoms with Gasteiger partial charge in [0.1, 0.15) is 5.75 Å². The Morgan fingerprint density at radius 1 is 1.14 bits per heavy atom. The van der Waals surface area contributed by atoms with Crippen LogP contribution in [0.2, 0.25) is 0 Å². The molecule has 1 heterocycles. The molecule has 2 N–H and O–H groups in total. The van der Waals surface area contributed by atoms with Crippen LogP contribution in [0.15, 0.2) is 18.2 Å². The van der Waals surface area contributed by atoms with Gasteiger partial charge in [-0.1, -0.05) is 31.0 Å². The van der Waals surface area contributed by atoms with E-state index in [9.17, 15) is 5.11 Å². The Kier molecular flexibility index (Phi) is 7.98. The third kappa shape index (κ3) is 4.08. The molecule has 2 fully saturated rings. The number of phenolic OH excluding ortho intramolecular Hbond substituents is 1. The minimum Gasteiger partial charge on any atom is -0.507 e. The molecule has 0 bridgehead atoms. The van der Waals surface area contributed by atoms with E-state index in [-0.39, 0.29) is 24.8 Å². The summed E-state index contributed by atoms with van der Waals surface area (Å²) in [5, 5.41) is 14.0. The number of para-hydroxylation sites is 1. The lowest BCUT2D eigenvalue weighted by Gasteiger charge is -2.39. The normalized spacial score (nSPS) is 21.0. The van der Waals surface area contributed by atoms with Gasteiger partial charge in [-0.3, -0.25) is 4.90 Å². The van der Waals surface area contributed by atoms with Gasteiger partial charge in [0.05, 0.1) is 0 Å². The Morgan fingerprint density at radius 2 is 1.77 bits per heavy atom. The van der Waals surface area contributed by atoms with Gasteiger partial charge in [-0.05, 0) is 31.2 Å². The summed E-state index contributed by atoms with van der Waals surface area (Å²) in [4.78, 5) is 2.58. The molecule has 0 spiro atoms. The first-order valence-electron chi connectivity index (χ1n) is 8.00. The molecule has 2 aliphatic rings. The zero-order valence-corrected chi connectivity index (χ0v) is 14.9. The van der Waals surface area contributed by atoms with Gasteiger partial charge in [0.25, 0.3) is 0 Å². The van der Waals surface area contributed by atoms with Crippen LogP contribution in [0.1, 0.15) is 42.9 Å². The number of hydrogen-bond acceptors (Lipinski definition) is 3. The molecule has 1 aromatic carbocycles. The predicted octanol–water partition coefficient (Wildman–Crippen LogP) is 3.68. The maximum absolute atomic E-state index is 10.5. The number of benzene rings is 1. The van der Waals surface area contributed by atoms with E-state index in [1.165, 1.54) is 25.7 Å². The Hall–Kier alpha value is -0.480. The molecule has 1 atom stereocenters. The number of phenols is 1. The van der Waals surface area contributed by atoms with E-state index in [0.717, 1.165) is 37.3 Å². The van der Waals surface area contributed by atoms with Gasteiger partial charge in [0, 0.05) is 37.8 Å². The lowest BCUT2D eigenvalue weighted by atomic mass is 9.88. The minimum absolute atomic E-state index is 0. The number of hydrogen-bond donors (Lipinski definition) is 2. The highest BCUT2D eigenvalue weighted by atomic mass is 35.5. The van der Waals surface area contributed by atoms with Crippen molar-refractivity contribution in [2.45, 2.75) is 38.6 Å². The highest BCUT2D eigenvalue weighted by molar-refractivity contribution is 5.85. The molecular weight excluding hydrogens is 319 g/mol. The first-order valence-corrected chi connectivity index (χ1v) is 8.00. The quantitative estimate of drug-likeness (QED) is 0.876. The van der Waals surface area contributed by atoms with Crippen molar-refractivity contribution < 1.29 is 5.11 Å². The van der Waals surface area contributed by atoms with Gasteiger partial charge in [0.2, 0.25) is 0 Å². The van der Waals surface area contributed by atoms with Gasteiger partial charge >= 0.3 is 0 Å². The zero-order valence-electron chi connectivity index (χ0n) is 13.3. The number of nitrogens with zero attached hydrogens (tertiary/aromatic N) is 1. The molecular formula is C17H28Cl2N2O. The fourth-order valence-electron chi connectivity index (χ4n) is 3.90. The number of halogens is 2. The van der Waals surface area contributed by atoms with Crippen molar-refractivity contribution >= 4 is 24.8 Å². The summed E-state index contributed by atoms with van der Waals surface area (Å²) in [6, 6.07) is 6.63. The maximum Gasteiger partial charge on any atom is 0.123 e. The zero-order chi connectivity index (χ0) is 13.9.